The van der Waals surface area contributed by atoms with Gasteiger partial charge in [-0.2, -0.15) is 33.6 Å². The molecule has 0 aromatic carbocycles. The van der Waals surface area contributed by atoms with Crippen molar-refractivity contribution in [2.75, 3.05) is 0 Å². The largest absolute Gasteiger partial charge is 0.434 e. The van der Waals surface area contributed by atoms with Crippen LogP contribution in [0.25, 0.3) is 43.7 Å². The van der Waals surface area contributed by atoms with Crippen LogP contribution < -0.4 is 0 Å². The van der Waals surface area contributed by atoms with Crippen LogP contribution in [0.2, 0.25) is 0 Å². The minimum Gasteiger partial charge on any atom is -0.292 e. The maximum atomic E-state index is 13.1. The van der Waals surface area contributed by atoms with Gasteiger partial charge in [0.15, 0.2) is 23.0 Å². The van der Waals surface area contributed by atoms with E-state index in [-0.39, 0.29) is 52.2 Å². The Kier molecular flexibility index (Phi) is 21.2. The number of carbonyl (C=O) groups is 4. The molecule has 0 bridgehead atoms. The molecular weight excluding hydrogens is 1500 g/mol. The Bertz CT molecular complexity index is 4690. The molecule has 3 unspecified atom stereocenters. The number of aryl methyl sites for hydroxylation is 11. The van der Waals surface area contributed by atoms with Gasteiger partial charge in [-0.1, -0.05) is 12.1 Å². The van der Waals surface area contributed by atoms with Gasteiger partial charge in [0.2, 0.25) is 14.2 Å². The summed E-state index contributed by atoms with van der Waals surface area (Å²) >= 11 is 17.9. The van der Waals surface area contributed by atoms with Crippen molar-refractivity contribution >= 4 is 105 Å². The van der Waals surface area contributed by atoms with E-state index in [9.17, 15) is 32.3 Å². The van der Waals surface area contributed by atoms with Crippen molar-refractivity contribution in [3.8, 4) is 43.7 Å². The van der Waals surface area contributed by atoms with E-state index < -0.39 is 17.1 Å². The summed E-state index contributed by atoms with van der Waals surface area (Å²) in [6.45, 7) is 10.1. The first-order valence-electron chi connectivity index (χ1n) is 30.3. The topological polar surface area (TPSA) is 283 Å². The quantitative estimate of drug-likeness (QED) is 0.0722. The van der Waals surface area contributed by atoms with E-state index in [1.165, 1.54) is 20.4 Å². The number of nitrogens with zero attached hydrogens (tertiary/aromatic N) is 21. The van der Waals surface area contributed by atoms with E-state index in [2.05, 4.69) is 118 Å². The lowest BCUT2D eigenvalue weighted by molar-refractivity contribution is -0.140. The number of alkyl halides is 3. The fraction of sp³-hybridized carbons (Fsp3) is 0.387. The summed E-state index contributed by atoms with van der Waals surface area (Å²) in [5.41, 5.74) is 7.85. The molecule has 0 saturated heterocycles. The molecule has 14 heterocycles. The lowest BCUT2D eigenvalue weighted by atomic mass is 9.91. The summed E-state index contributed by atoms with van der Waals surface area (Å²) in [5.74, 6) is 3.35. The third kappa shape index (κ3) is 15.9. The monoisotopic (exact) mass is 1560 g/mol. The van der Waals surface area contributed by atoms with E-state index in [1.54, 1.807) is 60.4 Å². The molecule has 11 aromatic rings. The molecule has 34 heteroatoms. The highest BCUT2D eigenvalue weighted by molar-refractivity contribution is 9.10. The van der Waals surface area contributed by atoms with Crippen LogP contribution >= 0.6 is 82.1 Å². The van der Waals surface area contributed by atoms with Crippen LogP contribution in [0.4, 0.5) is 13.2 Å². The van der Waals surface area contributed by atoms with Gasteiger partial charge in [0.05, 0.1) is 58.6 Å². The van der Waals surface area contributed by atoms with Gasteiger partial charge in [0.1, 0.15) is 50.3 Å². The van der Waals surface area contributed by atoms with Crippen LogP contribution in [-0.4, -0.2) is 126 Å². The highest BCUT2D eigenvalue weighted by Gasteiger charge is 2.36. The lowest BCUT2D eigenvalue weighted by Crippen LogP contribution is -2.23. The number of fused-ring (bicyclic) bond motifs is 3. The van der Waals surface area contributed by atoms with Crippen molar-refractivity contribution in [1.29, 1.82) is 0 Å². The molecule has 0 saturated carbocycles. The van der Waals surface area contributed by atoms with Gasteiger partial charge in [0.25, 0.3) is 5.24 Å². The number of halogens is 7. The molecule has 0 radical (unpaired) electrons. The molecule has 14 rings (SSSR count). The SMILES string of the molecule is Cc1cccc(-c2cnn(C)c2C(=O)CC2CCn3nc(Br)nc3C2)n1.Cc1cccc(-c2cnn(C)c2C(=O)Cl)n1.Cc1nc(-c2cnn(C)c2C(=O)CC2CCn3nc(Br)nc3C2)sc1C.Cn1ncc(-c2nc(C(F)(F)F)cs2)c1C(=O)CC1CCn2nc(Br)nc2C1. The third-order valence-electron chi connectivity index (χ3n) is 16.6. The molecule has 3 aliphatic rings. The van der Waals surface area contributed by atoms with Crippen LogP contribution in [0.1, 0.15) is 126 Å². The van der Waals surface area contributed by atoms with Crippen molar-refractivity contribution in [3.05, 3.63) is 149 Å². The summed E-state index contributed by atoms with van der Waals surface area (Å²) < 4.78 is 52.1. The first-order chi connectivity index (χ1) is 45.7. The number of aromatic nitrogens is 21. The second-order valence-electron chi connectivity index (χ2n) is 23.4. The third-order valence-corrected chi connectivity index (χ3v) is 19.8. The number of Topliss-reactive ketones (excluding diaryl/α,β-unsaturated/α-hetero) is 3. The van der Waals surface area contributed by atoms with Gasteiger partial charge in [-0.05, 0) is 148 Å². The first-order valence-corrected chi connectivity index (χ1v) is 34.7. The normalized spacial score (nSPS) is 15.7. The fourth-order valence-corrected chi connectivity index (χ4v) is 15.0. The number of ketones is 3. The molecule has 0 fully saturated rings. The predicted molar refractivity (Wildman–Crippen MR) is 361 cm³/mol. The van der Waals surface area contributed by atoms with Gasteiger partial charge < -0.3 is 0 Å². The average molecular weight is 1560 g/mol. The molecule has 0 amide bonds. The van der Waals surface area contributed by atoms with Crippen molar-refractivity contribution < 1.29 is 32.3 Å². The van der Waals surface area contributed by atoms with Crippen LogP contribution in [-0.2, 0) is 73.3 Å². The van der Waals surface area contributed by atoms with Gasteiger partial charge in [-0.15, -0.1) is 38.0 Å². The molecule has 3 atom stereocenters. The van der Waals surface area contributed by atoms with Crippen molar-refractivity contribution in [1.82, 2.24) is 103 Å². The molecule has 0 aliphatic carbocycles. The molecule has 0 spiro atoms. The van der Waals surface area contributed by atoms with Crippen molar-refractivity contribution in [2.24, 2.45) is 45.9 Å². The molecule has 500 valence electrons. The molecule has 11 aromatic heterocycles. The van der Waals surface area contributed by atoms with Crippen LogP contribution in [0.5, 0.6) is 0 Å². The number of pyridine rings is 2. The van der Waals surface area contributed by atoms with Gasteiger partial charge in [0, 0.05) is 114 Å². The fourth-order valence-electron chi connectivity index (χ4n) is 11.8. The number of thiazole rings is 2. The number of hydrogen-bond acceptors (Lipinski definition) is 20. The Morgan fingerprint density at radius 2 is 0.896 bits per heavy atom. The smallest absolute Gasteiger partial charge is 0.292 e. The predicted octanol–water partition coefficient (Wildman–Crippen LogP) is 12.3. The highest BCUT2D eigenvalue weighted by atomic mass is 79.9. The van der Waals surface area contributed by atoms with E-state index in [0.29, 0.717) is 73.9 Å². The van der Waals surface area contributed by atoms with E-state index >= 15 is 0 Å². The van der Waals surface area contributed by atoms with Crippen LogP contribution in [0.15, 0.2) is 80.8 Å². The van der Waals surface area contributed by atoms with Crippen molar-refractivity contribution in [3.63, 3.8) is 0 Å². The van der Waals surface area contributed by atoms with E-state index in [4.69, 9.17) is 11.6 Å². The Morgan fingerprint density at radius 1 is 0.521 bits per heavy atom. The molecule has 25 nitrogen and oxygen atoms in total. The zero-order valence-electron chi connectivity index (χ0n) is 53.1. The number of hydrogen-bond donors (Lipinski definition) is 0. The Hall–Kier alpha value is -7.98. The molecule has 96 heavy (non-hydrogen) atoms. The first kappa shape index (κ1) is 69.4. The Balaban J connectivity index is 0.000000132. The second kappa shape index (κ2) is 29.4. The summed E-state index contributed by atoms with van der Waals surface area (Å²) in [5, 5.41) is 31.0. The van der Waals surface area contributed by atoms with Gasteiger partial charge in [-0.3, -0.25) is 47.9 Å². The second-order valence-corrected chi connectivity index (χ2v) is 28.0. The van der Waals surface area contributed by atoms with Crippen molar-refractivity contribution in [2.45, 2.75) is 111 Å². The molecule has 0 N–H and O–H groups in total. The summed E-state index contributed by atoms with van der Waals surface area (Å²) in [6, 6.07) is 11.4. The molecule has 3 aliphatic heterocycles. The van der Waals surface area contributed by atoms with E-state index in [1.807, 2.05) is 85.2 Å². The molecular formula is C62H62Br3ClF3N21O4S2. The van der Waals surface area contributed by atoms with E-state index in [0.717, 1.165) is 118 Å². The van der Waals surface area contributed by atoms with Gasteiger partial charge in [-0.25, -0.2) is 39.0 Å². The Morgan fingerprint density at radius 3 is 1.26 bits per heavy atom. The summed E-state index contributed by atoms with van der Waals surface area (Å²) in [7, 11) is 6.90. The van der Waals surface area contributed by atoms with Crippen LogP contribution in [0, 0.1) is 45.4 Å². The summed E-state index contributed by atoms with van der Waals surface area (Å²) in [6.07, 6.45) is 7.94. The highest BCUT2D eigenvalue weighted by Crippen LogP contribution is 2.37. The zero-order valence-corrected chi connectivity index (χ0v) is 60.2. The lowest BCUT2D eigenvalue weighted by Gasteiger charge is -2.21. The summed E-state index contributed by atoms with van der Waals surface area (Å²) in [4.78, 5) is 81.7. The minimum absolute atomic E-state index is 0.0841. The zero-order chi connectivity index (χ0) is 68.4. The minimum atomic E-state index is -4.52. The average Bonchev–Trinajstić information content (AvgIpc) is 1.67. The Labute approximate surface area is 585 Å². The standard InChI is InChI=1S/C18H19BrN6O.C17H19BrN6OS.C16H14BrF3N6OS.C11H10ClN3O/c1-11-4-3-5-14(21-11)13-10-20-24(2)17(13)15(26)8-12-6-7-25-16(9-12)22-18(19)23-25;1-9-10(2)26-16(20-9)12-8-19-23(3)15(12)13(25)6-11-4-5-24-14(7-11)21-17(18)22-24;1-25-13(9(6-21-25)14-22-11(7-28-14)16(18,19)20)10(27)4-8-2-3-26-12(5-8)23-15(17)24-26;1-7-4-3-5-9(14-7)8-6-13-15(2)10(8)11(12)16/h3-5,10,12H,6-9H2,1-2H3;8,11H,4-7H2,1-3H3;6-8H,2-5H2,1H3;3-6H,1-2H3. The maximum absolute atomic E-state index is 13.1. The van der Waals surface area contributed by atoms with Crippen LogP contribution in [0.3, 0.4) is 0 Å². The van der Waals surface area contributed by atoms with Gasteiger partial charge >= 0.3 is 6.18 Å². The number of rotatable bonds is 14. The number of carbonyl (C=O) groups excluding carboxylic acids is 4. The maximum Gasteiger partial charge on any atom is 0.434 e.